The van der Waals surface area contributed by atoms with Gasteiger partial charge in [0.05, 0.1) is 33.0 Å². The van der Waals surface area contributed by atoms with Crippen molar-refractivity contribution < 1.29 is 33.6 Å². The summed E-state index contributed by atoms with van der Waals surface area (Å²) in [5, 5.41) is 8.70. The molecule has 0 spiro atoms. The molecular weight excluding hydrogens is 342 g/mol. The van der Waals surface area contributed by atoms with E-state index in [1.807, 2.05) is 6.08 Å². The molecule has 152 valence electrons. The Labute approximate surface area is 156 Å². The van der Waals surface area contributed by atoms with Gasteiger partial charge in [-0.2, -0.15) is 0 Å². The first-order valence-corrected chi connectivity index (χ1v) is 8.92. The molecule has 26 heavy (non-hydrogen) atoms. The maximum absolute atomic E-state index is 12.7. The predicted molar refractivity (Wildman–Crippen MR) is 95.2 cm³/mol. The second-order valence-corrected chi connectivity index (χ2v) is 6.52. The SMILES string of the molecule is COC(CN(C)C(=O)C1=CC(C(C)C)CC(OCCOCCO)O1)OC. The van der Waals surface area contributed by atoms with E-state index in [0.29, 0.717) is 32.1 Å². The molecule has 0 bridgehead atoms. The number of aliphatic hydroxyl groups is 1. The molecule has 0 radical (unpaired) electrons. The molecule has 1 heterocycles. The number of carbonyl (C=O) groups excluding carboxylic acids is 1. The number of likely N-dealkylation sites (N-methyl/N-ethyl adjacent to an activating group) is 1. The molecule has 0 saturated heterocycles. The van der Waals surface area contributed by atoms with Crippen molar-refractivity contribution in [3.8, 4) is 0 Å². The van der Waals surface area contributed by atoms with Crippen molar-refractivity contribution in [3.05, 3.63) is 11.8 Å². The molecule has 0 fully saturated rings. The van der Waals surface area contributed by atoms with Crippen LogP contribution in [-0.2, 0) is 28.5 Å². The summed E-state index contributed by atoms with van der Waals surface area (Å²) in [6.07, 6.45) is 1.56. The third-order valence-electron chi connectivity index (χ3n) is 4.22. The summed E-state index contributed by atoms with van der Waals surface area (Å²) in [5.41, 5.74) is 0. The van der Waals surface area contributed by atoms with Gasteiger partial charge in [-0.1, -0.05) is 13.8 Å². The van der Waals surface area contributed by atoms with Gasteiger partial charge < -0.3 is 33.7 Å². The van der Waals surface area contributed by atoms with Crippen LogP contribution in [0.2, 0.25) is 0 Å². The maximum Gasteiger partial charge on any atom is 0.288 e. The van der Waals surface area contributed by atoms with Gasteiger partial charge in [0, 0.05) is 27.7 Å². The van der Waals surface area contributed by atoms with Crippen molar-refractivity contribution in [2.24, 2.45) is 11.8 Å². The molecule has 1 N–H and O–H groups in total. The fourth-order valence-electron chi connectivity index (χ4n) is 2.55. The largest absolute Gasteiger partial charge is 0.459 e. The van der Waals surface area contributed by atoms with Gasteiger partial charge in [0.15, 0.2) is 12.0 Å². The van der Waals surface area contributed by atoms with Crippen molar-refractivity contribution in [1.29, 1.82) is 0 Å². The minimum absolute atomic E-state index is 0.0208. The highest BCUT2D eigenvalue weighted by molar-refractivity contribution is 5.91. The van der Waals surface area contributed by atoms with Gasteiger partial charge in [-0.05, 0) is 17.9 Å². The zero-order chi connectivity index (χ0) is 19.5. The summed E-state index contributed by atoms with van der Waals surface area (Å²) < 4.78 is 26.9. The van der Waals surface area contributed by atoms with Crippen LogP contribution in [0.25, 0.3) is 0 Å². The Morgan fingerprint density at radius 2 is 2.00 bits per heavy atom. The van der Waals surface area contributed by atoms with Crippen LogP contribution < -0.4 is 0 Å². The fourth-order valence-corrected chi connectivity index (χ4v) is 2.55. The molecule has 0 aromatic carbocycles. The van der Waals surface area contributed by atoms with Gasteiger partial charge in [-0.3, -0.25) is 4.79 Å². The highest BCUT2D eigenvalue weighted by atomic mass is 16.7. The van der Waals surface area contributed by atoms with Gasteiger partial charge in [0.2, 0.25) is 6.29 Å². The number of aliphatic hydroxyl groups excluding tert-OH is 1. The number of ether oxygens (including phenoxy) is 5. The Morgan fingerprint density at radius 3 is 2.58 bits per heavy atom. The van der Waals surface area contributed by atoms with Crippen molar-refractivity contribution >= 4 is 5.91 Å². The first kappa shape index (κ1) is 22.9. The third kappa shape index (κ3) is 7.59. The monoisotopic (exact) mass is 375 g/mol. The number of amides is 1. The lowest BCUT2D eigenvalue weighted by atomic mass is 9.90. The van der Waals surface area contributed by atoms with E-state index in [0.717, 1.165) is 0 Å². The van der Waals surface area contributed by atoms with Crippen LogP contribution in [0.5, 0.6) is 0 Å². The van der Waals surface area contributed by atoms with Crippen molar-refractivity contribution in [2.45, 2.75) is 32.8 Å². The van der Waals surface area contributed by atoms with Crippen LogP contribution in [0.15, 0.2) is 11.8 Å². The van der Waals surface area contributed by atoms with E-state index >= 15 is 0 Å². The number of hydrogen-bond donors (Lipinski definition) is 1. The van der Waals surface area contributed by atoms with Gasteiger partial charge in [0.1, 0.15) is 0 Å². The number of hydrogen-bond acceptors (Lipinski definition) is 7. The van der Waals surface area contributed by atoms with Crippen LogP contribution >= 0.6 is 0 Å². The molecule has 0 saturated carbocycles. The summed E-state index contributed by atoms with van der Waals surface area (Å²) >= 11 is 0. The van der Waals surface area contributed by atoms with Gasteiger partial charge >= 0.3 is 0 Å². The van der Waals surface area contributed by atoms with Gasteiger partial charge in [0.25, 0.3) is 5.91 Å². The van der Waals surface area contributed by atoms with E-state index in [-0.39, 0.29) is 30.8 Å². The zero-order valence-electron chi connectivity index (χ0n) is 16.5. The Balaban J connectivity index is 2.66. The summed E-state index contributed by atoms with van der Waals surface area (Å²) in [6, 6.07) is 0. The Bertz CT molecular complexity index is 437. The smallest absolute Gasteiger partial charge is 0.288 e. The molecule has 0 aromatic rings. The maximum atomic E-state index is 12.7. The fraction of sp³-hybridized carbons (Fsp3) is 0.833. The van der Waals surface area contributed by atoms with E-state index in [1.165, 1.54) is 19.1 Å². The number of nitrogens with zero attached hydrogens (tertiary/aromatic N) is 1. The minimum atomic E-state index is -0.502. The van der Waals surface area contributed by atoms with E-state index in [4.69, 9.17) is 28.8 Å². The molecule has 0 aliphatic carbocycles. The molecule has 1 rings (SSSR count). The molecule has 2 atom stereocenters. The molecule has 1 amide bonds. The summed E-state index contributed by atoms with van der Waals surface area (Å²) in [4.78, 5) is 14.2. The number of methoxy groups -OCH3 is 2. The second-order valence-electron chi connectivity index (χ2n) is 6.52. The highest BCUT2D eigenvalue weighted by Gasteiger charge is 2.31. The Hall–Kier alpha value is -1.19. The molecule has 1 aliphatic heterocycles. The second kappa shape index (κ2) is 12.2. The lowest BCUT2D eigenvalue weighted by Crippen LogP contribution is -2.40. The normalized spacial score (nSPS) is 20.2. The lowest BCUT2D eigenvalue weighted by molar-refractivity contribution is -0.164. The Morgan fingerprint density at radius 1 is 1.31 bits per heavy atom. The Kier molecular flexibility index (Phi) is 10.8. The van der Waals surface area contributed by atoms with Gasteiger partial charge in [-0.15, -0.1) is 0 Å². The highest BCUT2D eigenvalue weighted by Crippen LogP contribution is 2.29. The van der Waals surface area contributed by atoms with E-state index in [9.17, 15) is 4.79 Å². The standard InChI is InChI=1S/C18H33NO7/c1-13(2)14-10-15(18(21)19(3)12-17(22-4)23-5)26-16(11-14)25-9-8-24-7-6-20/h10,13-14,16-17,20H,6-9,11-12H2,1-5H3. The summed E-state index contributed by atoms with van der Waals surface area (Å²) in [6.45, 7) is 5.45. The third-order valence-corrected chi connectivity index (χ3v) is 4.22. The van der Waals surface area contributed by atoms with Crippen LogP contribution in [0.4, 0.5) is 0 Å². The minimum Gasteiger partial charge on any atom is -0.459 e. The van der Waals surface area contributed by atoms with Crippen LogP contribution in [-0.4, -0.2) is 82.7 Å². The average molecular weight is 375 g/mol. The number of allylic oxidation sites excluding steroid dienone is 1. The predicted octanol–water partition coefficient (Wildman–Crippen LogP) is 0.992. The molecule has 8 nitrogen and oxygen atoms in total. The number of rotatable bonds is 12. The van der Waals surface area contributed by atoms with E-state index < -0.39 is 12.6 Å². The van der Waals surface area contributed by atoms with Crippen molar-refractivity contribution in [1.82, 2.24) is 4.90 Å². The molecular formula is C18H33NO7. The average Bonchev–Trinajstić information content (AvgIpc) is 2.64. The van der Waals surface area contributed by atoms with Crippen LogP contribution in [0, 0.1) is 11.8 Å². The molecule has 0 aromatic heterocycles. The van der Waals surface area contributed by atoms with Crippen LogP contribution in [0.3, 0.4) is 0 Å². The first-order chi connectivity index (χ1) is 12.4. The lowest BCUT2D eigenvalue weighted by Gasteiger charge is -2.32. The number of carbonyl (C=O) groups is 1. The van der Waals surface area contributed by atoms with Crippen LogP contribution in [0.1, 0.15) is 20.3 Å². The molecule has 8 heteroatoms. The molecule has 1 aliphatic rings. The summed E-state index contributed by atoms with van der Waals surface area (Å²) in [7, 11) is 4.73. The van der Waals surface area contributed by atoms with E-state index in [2.05, 4.69) is 13.8 Å². The first-order valence-electron chi connectivity index (χ1n) is 8.92. The zero-order valence-corrected chi connectivity index (χ0v) is 16.5. The van der Waals surface area contributed by atoms with E-state index in [1.54, 1.807) is 7.05 Å². The molecule has 2 unspecified atom stereocenters. The van der Waals surface area contributed by atoms with Gasteiger partial charge in [-0.25, -0.2) is 0 Å². The van der Waals surface area contributed by atoms with Crippen molar-refractivity contribution in [3.63, 3.8) is 0 Å². The quantitative estimate of drug-likeness (QED) is 0.402. The van der Waals surface area contributed by atoms with Crippen molar-refractivity contribution in [2.75, 3.05) is 54.2 Å². The topological polar surface area (TPSA) is 86.7 Å². The summed E-state index contributed by atoms with van der Waals surface area (Å²) in [5.74, 6) is 0.582.